The second-order valence-corrected chi connectivity index (χ2v) is 6.94. The van der Waals surface area contributed by atoms with Gasteiger partial charge in [-0.25, -0.2) is 9.98 Å². The summed E-state index contributed by atoms with van der Waals surface area (Å²) in [6.45, 7) is 3.58. The lowest BCUT2D eigenvalue weighted by molar-refractivity contribution is -0.115. The van der Waals surface area contributed by atoms with Gasteiger partial charge in [0.05, 0.1) is 25.1 Å². The van der Waals surface area contributed by atoms with Gasteiger partial charge in [-0.2, -0.15) is 9.69 Å². The predicted octanol–water partition coefficient (Wildman–Crippen LogP) is 2.91. The molecular weight excluding hydrogens is 396 g/mol. The molecular formula is C23H22N4O4. The van der Waals surface area contributed by atoms with Crippen LogP contribution in [0.25, 0.3) is 17.0 Å². The molecule has 0 N–H and O–H groups in total. The summed E-state index contributed by atoms with van der Waals surface area (Å²) in [6.07, 6.45) is 2.13. The number of nitrogens with zero attached hydrogens (tertiary/aromatic N) is 4. The third-order valence-corrected chi connectivity index (χ3v) is 5.05. The number of aliphatic imine (C=N–C) groups is 1. The molecule has 8 heteroatoms. The Bertz CT molecular complexity index is 1310. The van der Waals surface area contributed by atoms with E-state index in [2.05, 4.69) is 9.98 Å². The van der Waals surface area contributed by atoms with E-state index in [1.807, 2.05) is 13.0 Å². The number of carbonyl (C=O) groups is 1. The zero-order valence-corrected chi connectivity index (χ0v) is 17.7. The number of hydrogen-bond donors (Lipinski definition) is 0. The minimum absolute atomic E-state index is 0.215. The van der Waals surface area contributed by atoms with Gasteiger partial charge in [0.1, 0.15) is 17.4 Å². The molecule has 0 atom stereocenters. The quantitative estimate of drug-likeness (QED) is 0.595. The van der Waals surface area contributed by atoms with Crippen LogP contribution in [0.5, 0.6) is 11.5 Å². The Labute approximate surface area is 179 Å². The van der Waals surface area contributed by atoms with Crippen molar-refractivity contribution in [2.24, 2.45) is 4.99 Å². The number of amides is 1. The first-order valence-corrected chi connectivity index (χ1v) is 9.83. The van der Waals surface area contributed by atoms with Crippen LogP contribution < -0.4 is 20.0 Å². The lowest BCUT2D eigenvalue weighted by Gasteiger charge is -2.21. The first-order valence-electron chi connectivity index (χ1n) is 9.83. The van der Waals surface area contributed by atoms with Gasteiger partial charge in [0.15, 0.2) is 11.5 Å². The highest BCUT2D eigenvalue weighted by Crippen LogP contribution is 2.29. The van der Waals surface area contributed by atoms with Crippen molar-refractivity contribution in [3.05, 3.63) is 69.9 Å². The molecule has 0 unspecified atom stereocenters. The Morgan fingerprint density at radius 1 is 1.03 bits per heavy atom. The zero-order valence-electron chi connectivity index (χ0n) is 17.7. The van der Waals surface area contributed by atoms with Gasteiger partial charge in [-0.1, -0.05) is 25.1 Å². The van der Waals surface area contributed by atoms with E-state index in [0.717, 1.165) is 5.56 Å². The minimum atomic E-state index is -0.402. The maximum absolute atomic E-state index is 13.3. The van der Waals surface area contributed by atoms with E-state index in [0.29, 0.717) is 40.5 Å². The molecule has 0 saturated carbocycles. The number of methoxy groups -OCH3 is 2. The van der Waals surface area contributed by atoms with E-state index in [1.54, 1.807) is 63.6 Å². The lowest BCUT2D eigenvalue weighted by atomic mass is 10.1. The number of hydrogen-bond acceptors (Lipinski definition) is 6. The number of amidine groups is 1. The van der Waals surface area contributed by atoms with Crippen LogP contribution in [0.4, 0.5) is 0 Å². The van der Waals surface area contributed by atoms with Crippen LogP contribution in [-0.2, 0) is 11.2 Å². The van der Waals surface area contributed by atoms with Crippen LogP contribution in [0, 0.1) is 0 Å². The molecule has 1 amide bonds. The van der Waals surface area contributed by atoms with Crippen LogP contribution in [0.3, 0.4) is 0 Å². The fourth-order valence-corrected chi connectivity index (χ4v) is 3.56. The van der Waals surface area contributed by atoms with Crippen molar-refractivity contribution >= 4 is 28.7 Å². The summed E-state index contributed by atoms with van der Waals surface area (Å²) >= 11 is 0. The number of benzene rings is 2. The van der Waals surface area contributed by atoms with Crippen molar-refractivity contribution < 1.29 is 14.3 Å². The highest BCUT2D eigenvalue weighted by atomic mass is 16.5. The maximum Gasteiger partial charge on any atom is 0.297 e. The predicted molar refractivity (Wildman–Crippen MR) is 119 cm³/mol. The molecule has 0 bridgehead atoms. The number of aryl methyl sites for hydroxylation is 1. The van der Waals surface area contributed by atoms with Crippen LogP contribution in [0.15, 0.2) is 57.9 Å². The summed E-state index contributed by atoms with van der Waals surface area (Å²) in [5.41, 5.74) is 1.23. The molecule has 3 aromatic rings. The molecule has 2 aromatic carbocycles. The molecule has 0 fully saturated rings. The third-order valence-electron chi connectivity index (χ3n) is 5.05. The average molecular weight is 418 g/mol. The largest absolute Gasteiger partial charge is 0.493 e. The van der Waals surface area contributed by atoms with Crippen LogP contribution in [0.2, 0.25) is 0 Å². The van der Waals surface area contributed by atoms with Crippen LogP contribution >= 0.6 is 0 Å². The van der Waals surface area contributed by atoms with Crippen molar-refractivity contribution in [1.82, 2.24) is 9.66 Å². The summed E-state index contributed by atoms with van der Waals surface area (Å²) in [4.78, 5) is 35.5. The second-order valence-electron chi connectivity index (χ2n) is 6.94. The monoisotopic (exact) mass is 418 g/mol. The molecule has 31 heavy (non-hydrogen) atoms. The van der Waals surface area contributed by atoms with Gasteiger partial charge in [0, 0.05) is 6.42 Å². The van der Waals surface area contributed by atoms with Gasteiger partial charge < -0.3 is 9.47 Å². The summed E-state index contributed by atoms with van der Waals surface area (Å²) in [5, 5.41) is 1.73. The lowest BCUT2D eigenvalue weighted by Crippen LogP contribution is -2.48. The van der Waals surface area contributed by atoms with E-state index < -0.39 is 5.91 Å². The summed E-state index contributed by atoms with van der Waals surface area (Å²) in [7, 11) is 3.10. The number of rotatable bonds is 5. The normalized spacial score (nSPS) is 15.0. The average Bonchev–Trinajstić information content (AvgIpc) is 3.06. The van der Waals surface area contributed by atoms with Crippen molar-refractivity contribution in [2.45, 2.75) is 20.3 Å². The summed E-state index contributed by atoms with van der Waals surface area (Å²) in [5.74, 6) is 1.61. The van der Waals surface area contributed by atoms with Gasteiger partial charge in [0.2, 0.25) is 0 Å². The summed E-state index contributed by atoms with van der Waals surface area (Å²) < 4.78 is 11.9. The highest BCUT2D eigenvalue weighted by molar-refractivity contribution is 6.23. The topological polar surface area (TPSA) is 86.0 Å². The van der Waals surface area contributed by atoms with Crippen molar-refractivity contribution in [3.8, 4) is 11.5 Å². The van der Waals surface area contributed by atoms with Crippen LogP contribution in [0.1, 0.15) is 25.2 Å². The molecule has 4 rings (SSSR count). The first kappa shape index (κ1) is 20.3. The number of para-hydroxylation sites is 1. The Hall–Kier alpha value is -3.94. The molecule has 0 saturated heterocycles. The van der Waals surface area contributed by atoms with E-state index in [-0.39, 0.29) is 11.3 Å². The first-order chi connectivity index (χ1) is 15.0. The molecule has 1 aliphatic rings. The zero-order chi connectivity index (χ0) is 22.1. The van der Waals surface area contributed by atoms with E-state index in [4.69, 9.17) is 9.47 Å². The SMILES string of the molecule is CCc1nc2ccccc2c(=O)n1N1C(=O)/C(=C/c2ccc(OC)c(OC)c2)N=C1C. The standard InChI is InChI=1S/C23H22N4O4/c1-5-21-25-17-9-7-6-8-16(17)22(28)27(21)26-14(2)24-18(23(26)29)12-15-10-11-19(30-3)20(13-15)31-4/h6-13H,5H2,1-4H3/b18-12-. The molecule has 0 radical (unpaired) electrons. The third kappa shape index (κ3) is 3.46. The molecule has 1 aliphatic heterocycles. The van der Waals surface area contributed by atoms with E-state index in [1.165, 1.54) is 9.69 Å². The smallest absolute Gasteiger partial charge is 0.297 e. The van der Waals surface area contributed by atoms with Gasteiger partial charge in [-0.15, -0.1) is 0 Å². The minimum Gasteiger partial charge on any atom is -0.493 e. The van der Waals surface area contributed by atoms with Gasteiger partial charge >= 0.3 is 0 Å². The van der Waals surface area contributed by atoms with E-state index >= 15 is 0 Å². The Morgan fingerprint density at radius 2 is 1.77 bits per heavy atom. The fourth-order valence-electron chi connectivity index (χ4n) is 3.56. The highest BCUT2D eigenvalue weighted by Gasteiger charge is 2.32. The van der Waals surface area contributed by atoms with Crippen molar-refractivity contribution in [1.29, 1.82) is 0 Å². The number of ether oxygens (including phenoxy) is 2. The Kier molecular flexibility index (Phi) is 5.29. The molecule has 1 aromatic heterocycles. The van der Waals surface area contributed by atoms with E-state index in [9.17, 15) is 9.59 Å². The van der Waals surface area contributed by atoms with Gasteiger partial charge in [-0.05, 0) is 42.8 Å². The number of carbonyl (C=O) groups excluding carboxylic acids is 1. The molecule has 2 heterocycles. The second kappa shape index (κ2) is 8.06. The van der Waals surface area contributed by atoms with Gasteiger partial charge in [-0.3, -0.25) is 9.59 Å². The molecule has 8 nitrogen and oxygen atoms in total. The number of aromatic nitrogens is 2. The number of fused-ring (bicyclic) bond motifs is 1. The van der Waals surface area contributed by atoms with Crippen molar-refractivity contribution in [2.75, 3.05) is 19.2 Å². The summed E-state index contributed by atoms with van der Waals surface area (Å²) in [6, 6.07) is 12.4. The van der Waals surface area contributed by atoms with Crippen LogP contribution in [-0.4, -0.2) is 35.6 Å². The molecule has 0 aliphatic carbocycles. The maximum atomic E-state index is 13.3. The fraction of sp³-hybridized carbons (Fsp3) is 0.217. The Morgan fingerprint density at radius 3 is 2.48 bits per heavy atom. The van der Waals surface area contributed by atoms with Crippen molar-refractivity contribution in [3.63, 3.8) is 0 Å². The molecule has 158 valence electrons. The Balaban J connectivity index is 1.80. The molecule has 0 spiro atoms. The van der Waals surface area contributed by atoms with Gasteiger partial charge in [0.25, 0.3) is 11.5 Å².